The predicted molar refractivity (Wildman–Crippen MR) is 81.5 cm³/mol. The van der Waals surface area contributed by atoms with Crippen molar-refractivity contribution in [2.45, 2.75) is 47.1 Å². The number of aromatic nitrogens is 2. The van der Waals surface area contributed by atoms with Gasteiger partial charge in [-0.3, -0.25) is 4.79 Å². The Morgan fingerprint density at radius 2 is 2.05 bits per heavy atom. The van der Waals surface area contributed by atoms with E-state index < -0.39 is 0 Å². The predicted octanol–water partition coefficient (Wildman–Crippen LogP) is 3.35. The van der Waals surface area contributed by atoms with Gasteiger partial charge in [0.1, 0.15) is 5.82 Å². The van der Waals surface area contributed by atoms with E-state index in [1.807, 2.05) is 32.9 Å². The highest BCUT2D eigenvalue weighted by atomic mass is 16.2. The molecule has 0 unspecified atom stereocenters. The summed E-state index contributed by atoms with van der Waals surface area (Å²) in [5.74, 6) is 1.44. The van der Waals surface area contributed by atoms with Gasteiger partial charge in [-0.2, -0.15) is 0 Å². The highest BCUT2D eigenvalue weighted by Gasteiger charge is 2.20. The summed E-state index contributed by atoms with van der Waals surface area (Å²) >= 11 is 0. The fourth-order valence-electron chi connectivity index (χ4n) is 1.91. The molecule has 0 aliphatic rings. The van der Waals surface area contributed by atoms with Gasteiger partial charge in [0.15, 0.2) is 0 Å². The van der Waals surface area contributed by atoms with Crippen molar-refractivity contribution in [2.24, 2.45) is 5.41 Å². The van der Waals surface area contributed by atoms with Crippen LogP contribution >= 0.6 is 0 Å². The molecular formula is C16H23N3O. The number of imidazole rings is 1. The lowest BCUT2D eigenvalue weighted by atomic mass is 9.95. The zero-order valence-corrected chi connectivity index (χ0v) is 12.9. The molecule has 0 atom stereocenters. The van der Waals surface area contributed by atoms with Crippen molar-refractivity contribution in [3.63, 3.8) is 0 Å². The maximum Gasteiger partial charge on any atom is 0.225 e. The molecule has 0 aliphatic heterocycles. The third-order valence-corrected chi connectivity index (χ3v) is 3.25. The largest absolute Gasteiger partial charge is 0.352 e. The lowest BCUT2D eigenvalue weighted by molar-refractivity contribution is -0.128. The molecule has 2 N–H and O–H groups in total. The number of amides is 1. The highest BCUT2D eigenvalue weighted by Crippen LogP contribution is 2.19. The van der Waals surface area contributed by atoms with Gasteiger partial charge in [0.2, 0.25) is 5.91 Å². The molecular weight excluding hydrogens is 250 g/mol. The van der Waals surface area contributed by atoms with Crippen LogP contribution in [0.2, 0.25) is 0 Å². The minimum Gasteiger partial charge on any atom is -0.352 e. The number of fused-ring (bicyclic) bond motifs is 1. The summed E-state index contributed by atoms with van der Waals surface area (Å²) in [5, 5.41) is 2.96. The van der Waals surface area contributed by atoms with Crippen molar-refractivity contribution >= 4 is 16.9 Å². The number of aromatic amines is 1. The Morgan fingerprint density at radius 1 is 1.35 bits per heavy atom. The van der Waals surface area contributed by atoms with Crippen LogP contribution in [0.4, 0.5) is 0 Å². The molecule has 0 saturated carbocycles. The van der Waals surface area contributed by atoms with Crippen LogP contribution in [0.5, 0.6) is 0 Å². The van der Waals surface area contributed by atoms with Gasteiger partial charge < -0.3 is 10.3 Å². The number of nitrogens with one attached hydrogen (secondary N) is 2. The van der Waals surface area contributed by atoms with Gasteiger partial charge in [0.05, 0.1) is 11.0 Å². The van der Waals surface area contributed by atoms with Crippen molar-refractivity contribution < 1.29 is 4.79 Å². The Kier molecular flexibility index (Phi) is 3.84. The average Bonchev–Trinajstić information content (AvgIpc) is 2.77. The van der Waals surface area contributed by atoms with Gasteiger partial charge in [-0.1, -0.05) is 40.7 Å². The van der Waals surface area contributed by atoms with E-state index in [9.17, 15) is 4.79 Å². The van der Waals surface area contributed by atoms with E-state index in [1.165, 1.54) is 0 Å². The molecule has 4 nitrogen and oxygen atoms in total. The molecule has 1 amide bonds. The van der Waals surface area contributed by atoms with Gasteiger partial charge in [-0.25, -0.2) is 4.98 Å². The Bertz CT molecular complexity index is 620. The van der Waals surface area contributed by atoms with Crippen LogP contribution in [0.25, 0.3) is 11.0 Å². The molecule has 0 bridgehead atoms. The first-order valence-electron chi connectivity index (χ1n) is 7.04. The number of carbonyl (C=O) groups is 1. The van der Waals surface area contributed by atoms with Crippen molar-refractivity contribution in [3.8, 4) is 0 Å². The van der Waals surface area contributed by atoms with Gasteiger partial charge in [0.25, 0.3) is 0 Å². The van der Waals surface area contributed by atoms with Crippen LogP contribution in [0.15, 0.2) is 18.2 Å². The van der Waals surface area contributed by atoms with E-state index in [4.69, 9.17) is 0 Å². The van der Waals surface area contributed by atoms with E-state index in [-0.39, 0.29) is 11.3 Å². The molecule has 0 aliphatic carbocycles. The van der Waals surface area contributed by atoms with Crippen molar-refractivity contribution in [1.82, 2.24) is 15.3 Å². The second-order valence-corrected chi connectivity index (χ2v) is 6.56. The second kappa shape index (κ2) is 5.27. The number of hydrogen-bond acceptors (Lipinski definition) is 2. The van der Waals surface area contributed by atoms with Crippen molar-refractivity contribution in [1.29, 1.82) is 0 Å². The maximum atomic E-state index is 11.9. The molecule has 20 heavy (non-hydrogen) atoms. The molecule has 1 aromatic heterocycles. The lowest BCUT2D eigenvalue weighted by Crippen LogP contribution is -2.34. The summed E-state index contributed by atoms with van der Waals surface area (Å²) in [6, 6.07) is 6.06. The second-order valence-electron chi connectivity index (χ2n) is 6.56. The molecule has 0 spiro atoms. The molecule has 1 aromatic carbocycles. The van der Waals surface area contributed by atoms with E-state index in [0.29, 0.717) is 12.5 Å². The van der Waals surface area contributed by atoms with Gasteiger partial charge >= 0.3 is 0 Å². The first kappa shape index (κ1) is 14.6. The van der Waals surface area contributed by atoms with Crippen molar-refractivity contribution in [2.75, 3.05) is 0 Å². The molecule has 2 aromatic rings. The number of hydrogen-bond donors (Lipinski definition) is 2. The van der Waals surface area contributed by atoms with Crippen LogP contribution in [0, 0.1) is 5.41 Å². The lowest BCUT2D eigenvalue weighted by Gasteiger charge is -2.17. The van der Waals surface area contributed by atoms with Gasteiger partial charge in [0, 0.05) is 17.9 Å². The fraction of sp³-hybridized carbons (Fsp3) is 0.500. The third kappa shape index (κ3) is 3.18. The summed E-state index contributed by atoms with van der Waals surface area (Å²) in [7, 11) is 0. The SMILES string of the molecule is CC(C)c1nc2ccc(CNC(=O)C(C)(C)C)cc2[nH]1. The van der Waals surface area contributed by atoms with E-state index >= 15 is 0 Å². The number of carbonyl (C=O) groups excluding carboxylic acids is 1. The monoisotopic (exact) mass is 273 g/mol. The third-order valence-electron chi connectivity index (χ3n) is 3.25. The summed E-state index contributed by atoms with van der Waals surface area (Å²) in [5.41, 5.74) is 2.72. The first-order valence-corrected chi connectivity index (χ1v) is 7.04. The van der Waals surface area contributed by atoms with E-state index in [2.05, 4.69) is 35.2 Å². The zero-order valence-electron chi connectivity index (χ0n) is 12.9. The minimum atomic E-state index is -0.358. The Labute approximate surface area is 120 Å². The number of rotatable bonds is 3. The Hall–Kier alpha value is -1.84. The summed E-state index contributed by atoms with van der Waals surface area (Å²) in [6.45, 7) is 10.5. The van der Waals surface area contributed by atoms with Crippen LogP contribution in [0.3, 0.4) is 0 Å². The fourth-order valence-corrected chi connectivity index (χ4v) is 1.91. The topological polar surface area (TPSA) is 57.8 Å². The van der Waals surface area contributed by atoms with Gasteiger partial charge in [-0.15, -0.1) is 0 Å². The molecule has 4 heteroatoms. The molecule has 0 fully saturated rings. The number of H-pyrrole nitrogens is 1. The summed E-state index contributed by atoms with van der Waals surface area (Å²) in [4.78, 5) is 19.7. The summed E-state index contributed by atoms with van der Waals surface area (Å²) < 4.78 is 0. The van der Waals surface area contributed by atoms with Crippen LogP contribution in [-0.2, 0) is 11.3 Å². The van der Waals surface area contributed by atoms with E-state index in [0.717, 1.165) is 22.4 Å². The highest BCUT2D eigenvalue weighted by molar-refractivity contribution is 5.81. The Balaban J connectivity index is 2.14. The van der Waals surface area contributed by atoms with Crippen LogP contribution in [-0.4, -0.2) is 15.9 Å². The van der Waals surface area contributed by atoms with Crippen molar-refractivity contribution in [3.05, 3.63) is 29.6 Å². The summed E-state index contributed by atoms with van der Waals surface area (Å²) in [6.07, 6.45) is 0. The standard InChI is InChI=1S/C16H23N3O/c1-10(2)14-18-12-7-6-11(8-13(12)19-14)9-17-15(20)16(3,4)5/h6-8,10H,9H2,1-5H3,(H,17,20)(H,18,19). The molecule has 108 valence electrons. The quantitative estimate of drug-likeness (QED) is 0.901. The first-order chi connectivity index (χ1) is 9.27. The molecule has 0 saturated heterocycles. The molecule has 0 radical (unpaired) electrons. The van der Waals surface area contributed by atoms with Crippen LogP contribution in [0.1, 0.15) is 51.9 Å². The zero-order chi connectivity index (χ0) is 14.9. The molecule has 1 heterocycles. The van der Waals surface area contributed by atoms with Gasteiger partial charge in [-0.05, 0) is 17.7 Å². The molecule has 2 rings (SSSR count). The minimum absolute atomic E-state index is 0.0603. The number of benzene rings is 1. The smallest absolute Gasteiger partial charge is 0.225 e. The average molecular weight is 273 g/mol. The Morgan fingerprint density at radius 3 is 2.65 bits per heavy atom. The van der Waals surface area contributed by atoms with Crippen LogP contribution < -0.4 is 5.32 Å². The maximum absolute atomic E-state index is 11.9. The normalized spacial score (nSPS) is 12.1. The number of nitrogens with zero attached hydrogens (tertiary/aromatic N) is 1. The van der Waals surface area contributed by atoms with E-state index in [1.54, 1.807) is 0 Å².